The SMILES string of the molecule is O=C1CC(c2ccccc2)NCCN1. The molecule has 1 amide bonds. The summed E-state index contributed by atoms with van der Waals surface area (Å²) in [5.74, 6) is 0.129. The van der Waals surface area contributed by atoms with Gasteiger partial charge in [0.2, 0.25) is 5.91 Å². The van der Waals surface area contributed by atoms with Crippen LogP contribution in [-0.2, 0) is 4.79 Å². The highest BCUT2D eigenvalue weighted by Gasteiger charge is 2.17. The molecule has 2 N–H and O–H groups in total. The first-order valence-corrected chi connectivity index (χ1v) is 4.91. The Labute approximate surface area is 83.5 Å². The van der Waals surface area contributed by atoms with E-state index in [4.69, 9.17) is 0 Å². The van der Waals surface area contributed by atoms with Crippen LogP contribution < -0.4 is 10.6 Å². The zero-order valence-corrected chi connectivity index (χ0v) is 7.99. The van der Waals surface area contributed by atoms with E-state index in [2.05, 4.69) is 22.8 Å². The summed E-state index contributed by atoms with van der Waals surface area (Å²) in [5.41, 5.74) is 1.18. The molecule has 1 aliphatic heterocycles. The van der Waals surface area contributed by atoms with Gasteiger partial charge in [0, 0.05) is 25.6 Å². The first-order valence-electron chi connectivity index (χ1n) is 4.91. The Kier molecular flexibility index (Phi) is 2.79. The van der Waals surface area contributed by atoms with Crippen molar-refractivity contribution in [3.05, 3.63) is 35.9 Å². The van der Waals surface area contributed by atoms with Gasteiger partial charge in [0.1, 0.15) is 0 Å². The van der Waals surface area contributed by atoms with Gasteiger partial charge < -0.3 is 10.6 Å². The van der Waals surface area contributed by atoms with Gasteiger partial charge in [-0.2, -0.15) is 0 Å². The van der Waals surface area contributed by atoms with Gasteiger partial charge >= 0.3 is 0 Å². The fourth-order valence-electron chi connectivity index (χ4n) is 1.70. The molecule has 1 aromatic rings. The Bertz CT molecular complexity index is 310. The third-order valence-electron chi connectivity index (χ3n) is 2.43. The van der Waals surface area contributed by atoms with Crippen LogP contribution in [0.3, 0.4) is 0 Å². The Balaban J connectivity index is 2.13. The third-order valence-corrected chi connectivity index (χ3v) is 2.43. The van der Waals surface area contributed by atoms with E-state index in [9.17, 15) is 4.79 Å². The van der Waals surface area contributed by atoms with Gasteiger partial charge in [0.05, 0.1) is 0 Å². The number of carbonyl (C=O) groups is 1. The van der Waals surface area contributed by atoms with E-state index < -0.39 is 0 Å². The number of amides is 1. The topological polar surface area (TPSA) is 41.1 Å². The van der Waals surface area contributed by atoms with Crippen LogP contribution in [0.15, 0.2) is 30.3 Å². The average Bonchev–Trinajstić information content (AvgIpc) is 2.44. The largest absolute Gasteiger partial charge is 0.355 e. The maximum absolute atomic E-state index is 11.3. The van der Waals surface area contributed by atoms with Crippen LogP contribution in [0.2, 0.25) is 0 Å². The Hall–Kier alpha value is -1.35. The van der Waals surface area contributed by atoms with Crippen LogP contribution in [0.4, 0.5) is 0 Å². The molecule has 3 nitrogen and oxygen atoms in total. The number of hydrogen-bond donors (Lipinski definition) is 2. The molecule has 1 aliphatic rings. The first-order chi connectivity index (χ1) is 6.86. The zero-order chi connectivity index (χ0) is 9.80. The van der Waals surface area contributed by atoms with Crippen molar-refractivity contribution in [1.29, 1.82) is 0 Å². The molecule has 1 unspecified atom stereocenters. The standard InChI is InChI=1S/C11H14N2O/c14-11-8-10(12-6-7-13-11)9-4-2-1-3-5-9/h1-5,10,12H,6-8H2,(H,13,14). The minimum absolute atomic E-state index is 0.129. The Morgan fingerprint density at radius 3 is 2.71 bits per heavy atom. The highest BCUT2D eigenvalue weighted by atomic mass is 16.1. The van der Waals surface area contributed by atoms with Crippen LogP contribution in [0.25, 0.3) is 0 Å². The molecule has 0 spiro atoms. The summed E-state index contributed by atoms with van der Waals surface area (Å²) in [6.45, 7) is 1.56. The molecular weight excluding hydrogens is 176 g/mol. The molecule has 1 atom stereocenters. The number of rotatable bonds is 1. The quantitative estimate of drug-likeness (QED) is 0.689. The molecule has 74 valence electrons. The van der Waals surface area contributed by atoms with Crippen LogP contribution in [-0.4, -0.2) is 19.0 Å². The number of benzene rings is 1. The lowest BCUT2D eigenvalue weighted by atomic mass is 10.0. The average molecular weight is 190 g/mol. The number of carbonyl (C=O) groups excluding carboxylic acids is 1. The van der Waals surface area contributed by atoms with Gasteiger partial charge in [-0.05, 0) is 5.56 Å². The molecule has 1 saturated heterocycles. The summed E-state index contributed by atoms with van der Waals surface area (Å²) >= 11 is 0. The summed E-state index contributed by atoms with van der Waals surface area (Å²) in [6.07, 6.45) is 0.532. The molecule has 0 aliphatic carbocycles. The molecule has 0 radical (unpaired) electrons. The van der Waals surface area contributed by atoms with Crippen molar-refractivity contribution in [2.75, 3.05) is 13.1 Å². The number of nitrogens with one attached hydrogen (secondary N) is 2. The van der Waals surface area contributed by atoms with E-state index in [1.54, 1.807) is 0 Å². The second kappa shape index (κ2) is 4.24. The van der Waals surface area contributed by atoms with Gasteiger partial charge in [-0.3, -0.25) is 4.79 Å². The lowest BCUT2D eigenvalue weighted by molar-refractivity contribution is -0.121. The Morgan fingerprint density at radius 1 is 1.14 bits per heavy atom. The van der Waals surface area contributed by atoms with Crippen LogP contribution >= 0.6 is 0 Å². The van der Waals surface area contributed by atoms with E-state index in [0.29, 0.717) is 6.42 Å². The summed E-state index contributed by atoms with van der Waals surface area (Å²) in [7, 11) is 0. The van der Waals surface area contributed by atoms with Crippen molar-refractivity contribution in [1.82, 2.24) is 10.6 Å². The zero-order valence-electron chi connectivity index (χ0n) is 7.99. The van der Waals surface area contributed by atoms with Crippen molar-refractivity contribution in [2.45, 2.75) is 12.5 Å². The molecular formula is C11H14N2O. The Morgan fingerprint density at radius 2 is 1.93 bits per heavy atom. The molecule has 0 saturated carbocycles. The van der Waals surface area contributed by atoms with E-state index in [-0.39, 0.29) is 11.9 Å². The second-order valence-corrected chi connectivity index (χ2v) is 3.47. The van der Waals surface area contributed by atoms with Gasteiger partial charge in [-0.1, -0.05) is 30.3 Å². The lowest BCUT2D eigenvalue weighted by Crippen LogP contribution is -2.24. The summed E-state index contributed by atoms with van der Waals surface area (Å²) in [5, 5.41) is 6.19. The summed E-state index contributed by atoms with van der Waals surface area (Å²) in [4.78, 5) is 11.3. The molecule has 14 heavy (non-hydrogen) atoms. The monoisotopic (exact) mass is 190 g/mol. The van der Waals surface area contributed by atoms with E-state index in [0.717, 1.165) is 13.1 Å². The molecule has 2 rings (SSSR count). The van der Waals surface area contributed by atoms with Crippen molar-refractivity contribution in [2.24, 2.45) is 0 Å². The van der Waals surface area contributed by atoms with Gasteiger partial charge in [-0.15, -0.1) is 0 Å². The van der Waals surface area contributed by atoms with Crippen LogP contribution in [0.5, 0.6) is 0 Å². The molecule has 0 aromatic heterocycles. The predicted octanol–water partition coefficient (Wildman–Crippen LogP) is 0.837. The van der Waals surface area contributed by atoms with E-state index >= 15 is 0 Å². The molecule has 0 bridgehead atoms. The van der Waals surface area contributed by atoms with Gasteiger partial charge in [0.15, 0.2) is 0 Å². The molecule has 3 heteroatoms. The normalized spacial score (nSPS) is 22.6. The van der Waals surface area contributed by atoms with Crippen molar-refractivity contribution >= 4 is 5.91 Å². The molecule has 1 fully saturated rings. The fourth-order valence-corrected chi connectivity index (χ4v) is 1.70. The smallest absolute Gasteiger partial charge is 0.221 e. The van der Waals surface area contributed by atoms with E-state index in [1.807, 2.05) is 18.2 Å². The minimum atomic E-state index is 0.129. The lowest BCUT2D eigenvalue weighted by Gasteiger charge is -2.14. The molecule has 1 heterocycles. The van der Waals surface area contributed by atoms with Crippen molar-refractivity contribution in [3.63, 3.8) is 0 Å². The highest BCUT2D eigenvalue weighted by molar-refractivity contribution is 5.77. The number of hydrogen-bond acceptors (Lipinski definition) is 2. The second-order valence-electron chi connectivity index (χ2n) is 3.47. The van der Waals surface area contributed by atoms with E-state index in [1.165, 1.54) is 5.56 Å². The van der Waals surface area contributed by atoms with Gasteiger partial charge in [-0.25, -0.2) is 0 Å². The predicted molar refractivity (Wildman–Crippen MR) is 54.8 cm³/mol. The van der Waals surface area contributed by atoms with Gasteiger partial charge in [0.25, 0.3) is 0 Å². The summed E-state index contributed by atoms with van der Waals surface area (Å²) < 4.78 is 0. The van der Waals surface area contributed by atoms with Crippen molar-refractivity contribution in [3.8, 4) is 0 Å². The maximum atomic E-state index is 11.3. The molecule has 1 aromatic carbocycles. The summed E-state index contributed by atoms with van der Waals surface area (Å²) in [6, 6.07) is 10.3. The maximum Gasteiger partial charge on any atom is 0.221 e. The first kappa shape index (κ1) is 9.21. The third kappa shape index (κ3) is 2.12. The minimum Gasteiger partial charge on any atom is -0.355 e. The highest BCUT2D eigenvalue weighted by Crippen LogP contribution is 2.16. The fraction of sp³-hybridized carbons (Fsp3) is 0.364. The van der Waals surface area contributed by atoms with Crippen molar-refractivity contribution < 1.29 is 4.79 Å². The van der Waals surface area contributed by atoms with Crippen LogP contribution in [0, 0.1) is 0 Å². The van der Waals surface area contributed by atoms with Crippen LogP contribution in [0.1, 0.15) is 18.0 Å².